The maximum absolute atomic E-state index is 10.7. The summed E-state index contributed by atoms with van der Waals surface area (Å²) >= 11 is 0. The molecule has 1 aromatic heterocycles. The van der Waals surface area contributed by atoms with Gasteiger partial charge in [0, 0.05) is 12.1 Å². The van der Waals surface area contributed by atoms with Gasteiger partial charge in [-0.15, -0.1) is 0 Å². The fraction of sp³-hybridized carbons (Fsp3) is 0.400. The predicted molar refractivity (Wildman–Crippen MR) is 53.5 cm³/mol. The van der Waals surface area contributed by atoms with Gasteiger partial charge < -0.3 is 15.5 Å². The highest BCUT2D eigenvalue weighted by atomic mass is 16.4. The molecule has 5 nitrogen and oxygen atoms in total. The largest absolute Gasteiger partial charge is 0.478 e. The van der Waals surface area contributed by atoms with Crippen LogP contribution in [0.1, 0.15) is 23.2 Å². The molecule has 1 heterocycles. The highest BCUT2D eigenvalue weighted by Crippen LogP contribution is 2.32. The van der Waals surface area contributed by atoms with Gasteiger partial charge in [0.25, 0.3) is 0 Å². The number of nitrogens with one attached hydrogen (secondary N) is 1. The van der Waals surface area contributed by atoms with Gasteiger partial charge in [-0.25, -0.2) is 9.78 Å². The molecule has 1 saturated carbocycles. The Labute approximate surface area is 86.8 Å². The molecule has 0 bridgehead atoms. The maximum Gasteiger partial charge on any atom is 0.335 e. The van der Waals surface area contributed by atoms with Crippen LogP contribution < -0.4 is 5.32 Å². The number of aliphatic hydroxyl groups is 1. The van der Waals surface area contributed by atoms with E-state index in [0.717, 1.165) is 12.8 Å². The standard InChI is InChI=1S/C10H12N2O3/c13-9(6-1-2-6)12-8-5-7(10(14)15)3-4-11-8/h3-6,9,13H,1-2H2,(H,11,12)(H,14,15). The average molecular weight is 208 g/mol. The van der Waals surface area contributed by atoms with Crippen molar-refractivity contribution >= 4 is 11.8 Å². The Morgan fingerprint density at radius 1 is 1.60 bits per heavy atom. The van der Waals surface area contributed by atoms with Gasteiger partial charge in [-0.05, 0) is 25.0 Å². The molecule has 0 spiro atoms. The zero-order chi connectivity index (χ0) is 10.8. The zero-order valence-corrected chi connectivity index (χ0v) is 8.05. The summed E-state index contributed by atoms with van der Waals surface area (Å²) in [7, 11) is 0. The topological polar surface area (TPSA) is 82.5 Å². The lowest BCUT2D eigenvalue weighted by Gasteiger charge is -2.12. The first-order chi connectivity index (χ1) is 7.16. The van der Waals surface area contributed by atoms with E-state index in [2.05, 4.69) is 10.3 Å². The van der Waals surface area contributed by atoms with Crippen LogP contribution in [0.2, 0.25) is 0 Å². The number of carboxylic acid groups (broad SMARTS) is 1. The number of carboxylic acids is 1. The van der Waals surface area contributed by atoms with Crippen LogP contribution in [-0.2, 0) is 0 Å². The van der Waals surface area contributed by atoms with Crippen molar-refractivity contribution in [3.63, 3.8) is 0 Å². The van der Waals surface area contributed by atoms with Crippen LogP contribution in [0.3, 0.4) is 0 Å². The SMILES string of the molecule is O=C(O)c1ccnc(NC(O)C2CC2)c1. The van der Waals surface area contributed by atoms with Gasteiger partial charge in [-0.1, -0.05) is 0 Å². The van der Waals surface area contributed by atoms with Crippen LogP contribution >= 0.6 is 0 Å². The number of hydrogen-bond donors (Lipinski definition) is 3. The van der Waals surface area contributed by atoms with Crippen molar-refractivity contribution < 1.29 is 15.0 Å². The van der Waals surface area contributed by atoms with Crippen LogP contribution in [0.4, 0.5) is 5.82 Å². The first-order valence-corrected chi connectivity index (χ1v) is 4.81. The fourth-order valence-corrected chi connectivity index (χ4v) is 1.32. The minimum absolute atomic E-state index is 0.162. The van der Waals surface area contributed by atoms with Gasteiger partial charge in [0.05, 0.1) is 5.56 Å². The lowest BCUT2D eigenvalue weighted by Crippen LogP contribution is -2.21. The number of anilines is 1. The molecule has 5 heteroatoms. The highest BCUT2D eigenvalue weighted by molar-refractivity contribution is 5.88. The number of carbonyl (C=O) groups is 1. The number of nitrogens with zero attached hydrogens (tertiary/aromatic N) is 1. The highest BCUT2D eigenvalue weighted by Gasteiger charge is 2.29. The number of pyridine rings is 1. The lowest BCUT2D eigenvalue weighted by atomic mass is 10.2. The smallest absolute Gasteiger partial charge is 0.335 e. The zero-order valence-electron chi connectivity index (χ0n) is 8.05. The summed E-state index contributed by atoms with van der Waals surface area (Å²) in [5, 5.41) is 21.1. The second kappa shape index (κ2) is 3.86. The van der Waals surface area contributed by atoms with E-state index in [0.29, 0.717) is 5.82 Å². The summed E-state index contributed by atoms with van der Waals surface area (Å²) in [4.78, 5) is 14.6. The van der Waals surface area contributed by atoms with Gasteiger partial charge in [-0.3, -0.25) is 0 Å². The van der Waals surface area contributed by atoms with Crippen molar-refractivity contribution in [1.82, 2.24) is 4.98 Å². The molecule has 3 N–H and O–H groups in total. The van der Waals surface area contributed by atoms with Crippen molar-refractivity contribution in [3.05, 3.63) is 23.9 Å². The van der Waals surface area contributed by atoms with Gasteiger partial charge in [0.1, 0.15) is 12.0 Å². The molecule has 1 atom stereocenters. The number of hydrogen-bond acceptors (Lipinski definition) is 4. The van der Waals surface area contributed by atoms with E-state index in [-0.39, 0.29) is 11.5 Å². The number of rotatable bonds is 4. The first-order valence-electron chi connectivity index (χ1n) is 4.81. The van der Waals surface area contributed by atoms with Gasteiger partial charge >= 0.3 is 5.97 Å². The van der Waals surface area contributed by atoms with Crippen molar-refractivity contribution in [3.8, 4) is 0 Å². The summed E-state index contributed by atoms with van der Waals surface area (Å²) in [5.41, 5.74) is 0.162. The summed E-state index contributed by atoms with van der Waals surface area (Å²) in [5.74, 6) is -0.323. The number of aromatic nitrogens is 1. The van der Waals surface area contributed by atoms with Crippen molar-refractivity contribution in [1.29, 1.82) is 0 Å². The molecule has 0 aliphatic heterocycles. The Balaban J connectivity index is 2.07. The molecule has 0 aromatic carbocycles. The average Bonchev–Trinajstić information content (AvgIpc) is 3.01. The maximum atomic E-state index is 10.7. The van der Waals surface area contributed by atoms with Crippen molar-refractivity contribution in [2.75, 3.05) is 5.32 Å². The third-order valence-corrected chi connectivity index (χ3v) is 2.37. The normalized spacial score (nSPS) is 17.1. The van der Waals surface area contributed by atoms with Crippen LogP contribution in [0.25, 0.3) is 0 Å². The number of aromatic carboxylic acids is 1. The Morgan fingerprint density at radius 3 is 2.93 bits per heavy atom. The van der Waals surface area contributed by atoms with Crippen molar-refractivity contribution in [2.24, 2.45) is 5.92 Å². The van der Waals surface area contributed by atoms with Crippen LogP contribution in [0.5, 0.6) is 0 Å². The molecular weight excluding hydrogens is 196 g/mol. The summed E-state index contributed by atoms with van der Waals surface area (Å²) in [6, 6.07) is 2.82. The minimum Gasteiger partial charge on any atom is -0.478 e. The molecule has 0 amide bonds. The minimum atomic E-state index is -0.999. The quantitative estimate of drug-likeness (QED) is 0.641. The molecule has 2 rings (SSSR count). The van der Waals surface area contributed by atoms with E-state index in [4.69, 9.17) is 5.11 Å². The molecule has 80 valence electrons. The predicted octanol–water partition coefficient (Wildman–Crippen LogP) is 0.920. The summed E-state index contributed by atoms with van der Waals surface area (Å²) in [6.07, 6.45) is 2.80. The van der Waals surface area contributed by atoms with Crippen LogP contribution in [0.15, 0.2) is 18.3 Å². The Morgan fingerprint density at radius 2 is 2.33 bits per heavy atom. The molecule has 1 unspecified atom stereocenters. The van der Waals surface area contributed by atoms with E-state index in [1.54, 1.807) is 0 Å². The second-order valence-electron chi connectivity index (χ2n) is 3.66. The summed E-state index contributed by atoms with van der Waals surface area (Å²) in [6.45, 7) is 0. The Bertz CT molecular complexity index is 377. The fourth-order valence-electron chi connectivity index (χ4n) is 1.32. The monoisotopic (exact) mass is 208 g/mol. The third kappa shape index (κ3) is 2.44. The third-order valence-electron chi connectivity index (χ3n) is 2.37. The van der Waals surface area contributed by atoms with Gasteiger partial charge in [0.2, 0.25) is 0 Å². The van der Waals surface area contributed by atoms with Gasteiger partial charge in [-0.2, -0.15) is 0 Å². The van der Waals surface area contributed by atoms with E-state index in [1.807, 2.05) is 0 Å². The van der Waals surface area contributed by atoms with E-state index in [9.17, 15) is 9.90 Å². The molecule has 0 saturated heterocycles. The molecule has 1 fully saturated rings. The van der Waals surface area contributed by atoms with E-state index < -0.39 is 12.2 Å². The molecular formula is C10H12N2O3. The first kappa shape index (κ1) is 9.92. The van der Waals surface area contributed by atoms with E-state index in [1.165, 1.54) is 18.3 Å². The Kier molecular flexibility index (Phi) is 2.55. The van der Waals surface area contributed by atoms with Crippen LogP contribution in [-0.4, -0.2) is 27.4 Å². The molecule has 15 heavy (non-hydrogen) atoms. The number of aliphatic hydroxyl groups excluding tert-OH is 1. The van der Waals surface area contributed by atoms with Crippen molar-refractivity contribution in [2.45, 2.75) is 19.1 Å². The summed E-state index contributed by atoms with van der Waals surface area (Å²) < 4.78 is 0. The lowest BCUT2D eigenvalue weighted by molar-refractivity contribution is 0.0696. The molecule has 1 aliphatic carbocycles. The second-order valence-corrected chi connectivity index (χ2v) is 3.66. The van der Waals surface area contributed by atoms with Gasteiger partial charge in [0.15, 0.2) is 0 Å². The van der Waals surface area contributed by atoms with E-state index >= 15 is 0 Å². The molecule has 0 radical (unpaired) electrons. The molecule has 1 aliphatic rings. The molecule has 1 aromatic rings. The van der Waals surface area contributed by atoms with Crippen LogP contribution in [0, 0.1) is 5.92 Å². The Hall–Kier alpha value is -1.62.